The maximum absolute atomic E-state index is 12.9. The fourth-order valence-electron chi connectivity index (χ4n) is 1.80. The Hall–Kier alpha value is -2.31. The second kappa shape index (κ2) is 4.42. The molecule has 1 heterocycles. The van der Waals surface area contributed by atoms with E-state index in [-0.39, 0.29) is 11.1 Å². The third-order valence-corrected chi connectivity index (χ3v) is 2.84. The van der Waals surface area contributed by atoms with Gasteiger partial charge >= 0.3 is 11.9 Å². The Balaban J connectivity index is 2.15. The number of carbonyl (C=O) groups excluding carboxylic acids is 2. The topological polar surface area (TPSA) is 74.7 Å². The number of amides is 2. The van der Waals surface area contributed by atoms with Crippen LogP contribution >= 0.6 is 0 Å². The van der Waals surface area contributed by atoms with Crippen LogP contribution in [0.2, 0.25) is 0 Å². The summed E-state index contributed by atoms with van der Waals surface area (Å²) >= 11 is 0. The number of imide groups is 1. The van der Waals surface area contributed by atoms with Crippen molar-refractivity contribution in [3.8, 4) is 0 Å². The number of benzene rings is 1. The van der Waals surface area contributed by atoms with E-state index in [9.17, 15) is 23.2 Å². The minimum atomic E-state index is -3.96. The average Bonchev–Trinajstić information content (AvgIpc) is 2.60. The standard InChI is InChI=1S/C12H9F2NO4/c13-12(14,11(18)19)5-6-15-9(16)7-3-1-2-4-8(7)10(15)17/h1-4H,5-6H2,(H,18,19). The van der Waals surface area contributed by atoms with Gasteiger partial charge in [0.05, 0.1) is 11.1 Å². The molecule has 1 aliphatic rings. The SMILES string of the molecule is O=C1c2ccccc2C(=O)N1CCC(F)(F)C(=O)O. The van der Waals surface area contributed by atoms with Crippen LogP contribution in [0.1, 0.15) is 27.1 Å². The Morgan fingerprint density at radius 2 is 1.63 bits per heavy atom. The number of halogens is 2. The van der Waals surface area contributed by atoms with Crippen LogP contribution in [0, 0.1) is 0 Å². The summed E-state index contributed by atoms with van der Waals surface area (Å²) in [5.41, 5.74) is 0.289. The number of carbonyl (C=O) groups is 3. The van der Waals surface area contributed by atoms with Gasteiger partial charge in [-0.25, -0.2) is 4.79 Å². The summed E-state index contributed by atoms with van der Waals surface area (Å²) in [5, 5.41) is 8.28. The average molecular weight is 269 g/mol. The van der Waals surface area contributed by atoms with Gasteiger partial charge in [0.2, 0.25) is 0 Å². The van der Waals surface area contributed by atoms with E-state index in [1.54, 1.807) is 12.1 Å². The van der Waals surface area contributed by atoms with Crippen molar-refractivity contribution in [1.29, 1.82) is 0 Å². The zero-order valence-electron chi connectivity index (χ0n) is 9.60. The quantitative estimate of drug-likeness (QED) is 0.838. The van der Waals surface area contributed by atoms with Crippen molar-refractivity contribution in [2.45, 2.75) is 12.3 Å². The molecule has 0 aliphatic carbocycles. The number of fused-ring (bicyclic) bond motifs is 1. The second-order valence-electron chi connectivity index (χ2n) is 4.07. The Morgan fingerprint density at radius 3 is 2.05 bits per heavy atom. The smallest absolute Gasteiger partial charge is 0.374 e. The van der Waals surface area contributed by atoms with Crippen molar-refractivity contribution in [3.05, 3.63) is 35.4 Å². The molecule has 5 nitrogen and oxygen atoms in total. The number of carboxylic acids is 1. The van der Waals surface area contributed by atoms with Crippen molar-refractivity contribution in [3.63, 3.8) is 0 Å². The number of nitrogens with zero attached hydrogens (tertiary/aromatic N) is 1. The summed E-state index contributed by atoms with van der Waals surface area (Å²) in [4.78, 5) is 34.5. The molecular formula is C12H9F2NO4. The van der Waals surface area contributed by atoms with Gasteiger partial charge in [-0.2, -0.15) is 8.78 Å². The molecule has 0 fully saturated rings. The van der Waals surface area contributed by atoms with Crippen LogP contribution in [0.15, 0.2) is 24.3 Å². The zero-order valence-corrected chi connectivity index (χ0v) is 9.60. The molecule has 0 atom stereocenters. The van der Waals surface area contributed by atoms with E-state index >= 15 is 0 Å². The van der Waals surface area contributed by atoms with Gasteiger partial charge in [-0.3, -0.25) is 14.5 Å². The van der Waals surface area contributed by atoms with Crippen molar-refractivity contribution in [2.24, 2.45) is 0 Å². The predicted octanol–water partition coefficient (Wildman–Crippen LogP) is 1.39. The van der Waals surface area contributed by atoms with Gasteiger partial charge in [0.25, 0.3) is 11.8 Å². The lowest BCUT2D eigenvalue weighted by Crippen LogP contribution is -2.37. The van der Waals surface area contributed by atoms with Crippen molar-refractivity contribution in [2.75, 3.05) is 6.54 Å². The van der Waals surface area contributed by atoms with E-state index < -0.39 is 36.7 Å². The summed E-state index contributed by atoms with van der Waals surface area (Å²) in [6, 6.07) is 5.95. The van der Waals surface area contributed by atoms with Crippen LogP contribution in [-0.4, -0.2) is 40.3 Å². The van der Waals surface area contributed by atoms with Gasteiger partial charge in [-0.1, -0.05) is 12.1 Å². The van der Waals surface area contributed by atoms with Crippen LogP contribution in [0.25, 0.3) is 0 Å². The van der Waals surface area contributed by atoms with Crippen LogP contribution in [0.3, 0.4) is 0 Å². The van der Waals surface area contributed by atoms with Gasteiger partial charge in [0.15, 0.2) is 0 Å². The molecule has 0 aromatic heterocycles. The Labute approximate surface area is 106 Å². The lowest BCUT2D eigenvalue weighted by molar-refractivity contribution is -0.165. The van der Waals surface area contributed by atoms with Crippen LogP contribution in [0.4, 0.5) is 8.78 Å². The normalized spacial score (nSPS) is 14.7. The molecule has 2 rings (SSSR count). The Bertz CT molecular complexity index is 536. The number of hydrogen-bond acceptors (Lipinski definition) is 3. The van der Waals surface area contributed by atoms with Gasteiger partial charge in [-0.15, -0.1) is 0 Å². The maximum Gasteiger partial charge on any atom is 0.374 e. The van der Waals surface area contributed by atoms with E-state index in [1.807, 2.05) is 0 Å². The highest BCUT2D eigenvalue weighted by Crippen LogP contribution is 2.25. The molecule has 1 aromatic carbocycles. The molecule has 0 unspecified atom stereocenters. The van der Waals surface area contributed by atoms with Gasteiger partial charge < -0.3 is 5.11 Å². The molecule has 0 spiro atoms. The van der Waals surface area contributed by atoms with Crippen LogP contribution < -0.4 is 0 Å². The van der Waals surface area contributed by atoms with E-state index in [1.165, 1.54) is 12.1 Å². The first-order chi connectivity index (χ1) is 8.84. The number of rotatable bonds is 4. The lowest BCUT2D eigenvalue weighted by atomic mass is 10.1. The summed E-state index contributed by atoms with van der Waals surface area (Å²) in [5.74, 6) is -7.59. The summed E-state index contributed by atoms with van der Waals surface area (Å²) < 4.78 is 25.9. The number of hydrogen-bond donors (Lipinski definition) is 1. The highest BCUT2D eigenvalue weighted by molar-refractivity contribution is 6.21. The van der Waals surface area contributed by atoms with Gasteiger partial charge in [0, 0.05) is 13.0 Å². The third kappa shape index (κ3) is 2.18. The highest BCUT2D eigenvalue weighted by atomic mass is 19.3. The maximum atomic E-state index is 12.9. The van der Waals surface area contributed by atoms with E-state index in [0.717, 1.165) is 0 Å². The predicted molar refractivity (Wildman–Crippen MR) is 59.0 cm³/mol. The molecular weight excluding hydrogens is 260 g/mol. The fraction of sp³-hybridized carbons (Fsp3) is 0.250. The molecule has 7 heteroatoms. The number of aliphatic carboxylic acids is 1. The summed E-state index contributed by atoms with van der Waals surface area (Å²) in [7, 11) is 0. The first kappa shape index (κ1) is 13.1. The first-order valence-corrected chi connectivity index (χ1v) is 5.41. The molecule has 0 bridgehead atoms. The second-order valence-corrected chi connectivity index (χ2v) is 4.07. The molecule has 1 N–H and O–H groups in total. The third-order valence-electron chi connectivity index (χ3n) is 2.84. The minimum Gasteiger partial charge on any atom is -0.477 e. The number of alkyl halides is 2. The van der Waals surface area contributed by atoms with E-state index in [0.29, 0.717) is 4.90 Å². The Kier molecular flexibility index (Phi) is 3.05. The van der Waals surface area contributed by atoms with Crippen LogP contribution in [-0.2, 0) is 4.79 Å². The summed E-state index contributed by atoms with van der Waals surface area (Å²) in [6.07, 6.45) is -1.10. The van der Waals surface area contributed by atoms with Crippen molar-refractivity contribution in [1.82, 2.24) is 4.90 Å². The molecule has 2 amide bonds. The minimum absolute atomic E-state index is 0.145. The Morgan fingerprint density at radius 1 is 1.16 bits per heavy atom. The molecule has 1 aliphatic heterocycles. The summed E-state index contributed by atoms with van der Waals surface area (Å²) in [6.45, 7) is -0.633. The van der Waals surface area contributed by atoms with E-state index in [4.69, 9.17) is 5.11 Å². The van der Waals surface area contributed by atoms with Crippen LogP contribution in [0.5, 0.6) is 0 Å². The molecule has 1 aromatic rings. The molecule has 100 valence electrons. The molecule has 0 radical (unpaired) electrons. The van der Waals surface area contributed by atoms with Gasteiger partial charge in [0.1, 0.15) is 0 Å². The molecule has 0 saturated carbocycles. The van der Waals surface area contributed by atoms with Crippen molar-refractivity contribution >= 4 is 17.8 Å². The fourth-order valence-corrected chi connectivity index (χ4v) is 1.80. The van der Waals surface area contributed by atoms with E-state index in [2.05, 4.69) is 0 Å². The first-order valence-electron chi connectivity index (χ1n) is 5.41. The molecule has 19 heavy (non-hydrogen) atoms. The largest absolute Gasteiger partial charge is 0.477 e. The molecule has 0 saturated heterocycles. The highest BCUT2D eigenvalue weighted by Gasteiger charge is 2.42. The monoisotopic (exact) mass is 269 g/mol. The van der Waals surface area contributed by atoms with Gasteiger partial charge in [-0.05, 0) is 12.1 Å². The zero-order chi connectivity index (χ0) is 14.2. The lowest BCUT2D eigenvalue weighted by Gasteiger charge is -2.16. The number of carboxylic acid groups (broad SMARTS) is 1. The van der Waals surface area contributed by atoms with Crippen molar-refractivity contribution < 1.29 is 28.3 Å².